The summed E-state index contributed by atoms with van der Waals surface area (Å²) in [6.45, 7) is 1.87. The van der Waals surface area contributed by atoms with Gasteiger partial charge in [-0.25, -0.2) is 0 Å². The Morgan fingerprint density at radius 2 is 1.78 bits per heavy atom. The lowest BCUT2D eigenvalue weighted by atomic mass is 10.1. The number of ether oxygens (including phenoxy) is 2. The lowest BCUT2D eigenvalue weighted by Gasteiger charge is -2.13. The van der Waals surface area contributed by atoms with E-state index < -0.39 is 11.8 Å². The van der Waals surface area contributed by atoms with Gasteiger partial charge < -0.3 is 20.5 Å². The van der Waals surface area contributed by atoms with Gasteiger partial charge in [0.1, 0.15) is 11.5 Å². The van der Waals surface area contributed by atoms with Crippen molar-refractivity contribution in [3.63, 3.8) is 0 Å². The molecule has 0 unspecified atom stereocenters. The highest BCUT2D eigenvalue weighted by Crippen LogP contribution is 2.25. The van der Waals surface area contributed by atoms with E-state index in [0.717, 1.165) is 5.56 Å². The lowest BCUT2D eigenvalue weighted by molar-refractivity contribution is 0.1000. The summed E-state index contributed by atoms with van der Waals surface area (Å²) in [6, 6.07) is 9.82. The maximum atomic E-state index is 12.5. The second-order valence-electron chi connectivity index (χ2n) is 4.91. The Bertz CT molecular complexity index is 756. The van der Waals surface area contributed by atoms with Crippen molar-refractivity contribution in [3.8, 4) is 11.5 Å². The number of nitrogens with two attached hydrogens (primary N) is 1. The van der Waals surface area contributed by atoms with Crippen LogP contribution in [-0.4, -0.2) is 26.0 Å². The molecule has 3 N–H and O–H groups in total. The van der Waals surface area contributed by atoms with Crippen molar-refractivity contribution in [1.29, 1.82) is 0 Å². The van der Waals surface area contributed by atoms with Crippen molar-refractivity contribution in [1.82, 2.24) is 0 Å². The van der Waals surface area contributed by atoms with Gasteiger partial charge in [-0.3, -0.25) is 9.59 Å². The van der Waals surface area contributed by atoms with Crippen molar-refractivity contribution in [3.05, 3.63) is 53.1 Å². The third-order valence-corrected chi connectivity index (χ3v) is 3.42. The SMILES string of the molecule is COc1ccc(C)c(NC(=O)c2cc(C(N)=O)ccc2OC)c1. The quantitative estimate of drug-likeness (QED) is 0.886. The summed E-state index contributed by atoms with van der Waals surface area (Å²) in [5, 5.41) is 2.79. The molecule has 0 aliphatic rings. The number of anilines is 1. The summed E-state index contributed by atoms with van der Waals surface area (Å²) in [7, 11) is 3.00. The van der Waals surface area contributed by atoms with Crippen molar-refractivity contribution in [2.24, 2.45) is 5.73 Å². The summed E-state index contributed by atoms with van der Waals surface area (Å²) in [5.74, 6) is -0.0302. The van der Waals surface area contributed by atoms with Crippen molar-refractivity contribution in [2.75, 3.05) is 19.5 Å². The largest absolute Gasteiger partial charge is 0.497 e. The number of carbonyl (C=O) groups is 2. The third kappa shape index (κ3) is 3.60. The number of rotatable bonds is 5. The second kappa shape index (κ2) is 6.83. The van der Waals surface area contributed by atoms with Crippen LogP contribution in [0.4, 0.5) is 5.69 Å². The van der Waals surface area contributed by atoms with Gasteiger partial charge in [0.25, 0.3) is 5.91 Å². The zero-order valence-electron chi connectivity index (χ0n) is 13.2. The van der Waals surface area contributed by atoms with Gasteiger partial charge in [-0.2, -0.15) is 0 Å². The molecule has 0 aromatic heterocycles. The van der Waals surface area contributed by atoms with Crippen LogP contribution < -0.4 is 20.5 Å². The molecular weight excluding hydrogens is 296 g/mol. The molecule has 2 aromatic carbocycles. The van der Waals surface area contributed by atoms with Crippen LogP contribution in [0.3, 0.4) is 0 Å². The molecule has 0 bridgehead atoms. The molecule has 120 valence electrons. The number of hydrogen-bond donors (Lipinski definition) is 2. The third-order valence-electron chi connectivity index (χ3n) is 3.42. The summed E-state index contributed by atoms with van der Waals surface area (Å²) in [6.07, 6.45) is 0. The molecule has 0 aliphatic heterocycles. The number of nitrogens with one attached hydrogen (secondary N) is 1. The van der Waals surface area contributed by atoms with E-state index >= 15 is 0 Å². The highest BCUT2D eigenvalue weighted by molar-refractivity contribution is 6.08. The summed E-state index contributed by atoms with van der Waals surface area (Å²) in [5.41, 5.74) is 7.21. The minimum Gasteiger partial charge on any atom is -0.497 e. The van der Waals surface area contributed by atoms with E-state index in [9.17, 15) is 9.59 Å². The van der Waals surface area contributed by atoms with Gasteiger partial charge in [-0.15, -0.1) is 0 Å². The lowest BCUT2D eigenvalue weighted by Crippen LogP contribution is -2.17. The number of carbonyl (C=O) groups excluding carboxylic acids is 2. The Kier molecular flexibility index (Phi) is 4.85. The molecule has 0 atom stereocenters. The predicted molar refractivity (Wildman–Crippen MR) is 87.2 cm³/mol. The van der Waals surface area contributed by atoms with Crippen LogP contribution >= 0.6 is 0 Å². The molecule has 2 rings (SSSR count). The van der Waals surface area contributed by atoms with E-state index in [1.165, 1.54) is 25.3 Å². The summed E-state index contributed by atoms with van der Waals surface area (Å²) < 4.78 is 10.3. The first-order chi connectivity index (χ1) is 11.0. The summed E-state index contributed by atoms with van der Waals surface area (Å²) in [4.78, 5) is 23.8. The van der Waals surface area contributed by atoms with Gasteiger partial charge >= 0.3 is 0 Å². The topological polar surface area (TPSA) is 90.6 Å². The zero-order chi connectivity index (χ0) is 17.0. The van der Waals surface area contributed by atoms with Crippen LogP contribution in [0.5, 0.6) is 11.5 Å². The Morgan fingerprint density at radius 3 is 2.39 bits per heavy atom. The smallest absolute Gasteiger partial charge is 0.259 e. The van der Waals surface area contributed by atoms with Crippen molar-refractivity contribution in [2.45, 2.75) is 6.92 Å². The molecule has 6 heteroatoms. The molecule has 6 nitrogen and oxygen atoms in total. The molecule has 23 heavy (non-hydrogen) atoms. The van der Waals surface area contributed by atoms with Crippen LogP contribution in [0.1, 0.15) is 26.3 Å². The van der Waals surface area contributed by atoms with Gasteiger partial charge in [0, 0.05) is 17.3 Å². The van der Waals surface area contributed by atoms with Crippen LogP contribution in [0.2, 0.25) is 0 Å². The number of benzene rings is 2. The Labute approximate surface area is 134 Å². The van der Waals surface area contributed by atoms with Crippen molar-refractivity contribution < 1.29 is 19.1 Å². The fraction of sp³-hybridized carbons (Fsp3) is 0.176. The molecule has 2 aromatic rings. The fourth-order valence-corrected chi connectivity index (χ4v) is 2.09. The normalized spacial score (nSPS) is 10.0. The molecule has 0 aliphatic carbocycles. The van der Waals surface area contributed by atoms with Gasteiger partial charge in [-0.05, 0) is 36.8 Å². The predicted octanol–water partition coefficient (Wildman–Crippen LogP) is 2.36. The van der Waals surface area contributed by atoms with E-state index in [4.69, 9.17) is 15.2 Å². The molecule has 0 saturated heterocycles. The Morgan fingerprint density at radius 1 is 1.04 bits per heavy atom. The maximum Gasteiger partial charge on any atom is 0.259 e. The number of amides is 2. The second-order valence-corrected chi connectivity index (χ2v) is 4.91. The number of hydrogen-bond acceptors (Lipinski definition) is 4. The molecule has 2 amide bonds. The average Bonchev–Trinajstić information content (AvgIpc) is 2.56. The zero-order valence-corrected chi connectivity index (χ0v) is 13.2. The Balaban J connectivity index is 2.37. The number of aryl methyl sites for hydroxylation is 1. The van der Waals surface area contributed by atoms with E-state index in [1.807, 2.05) is 13.0 Å². The molecule has 0 saturated carbocycles. The van der Waals surface area contributed by atoms with Crippen LogP contribution in [0.15, 0.2) is 36.4 Å². The van der Waals surface area contributed by atoms with Gasteiger partial charge in [0.2, 0.25) is 5.91 Å². The van der Waals surface area contributed by atoms with Crippen LogP contribution in [0.25, 0.3) is 0 Å². The average molecular weight is 314 g/mol. The van der Waals surface area contributed by atoms with Gasteiger partial charge in [0.15, 0.2) is 0 Å². The van der Waals surface area contributed by atoms with Gasteiger partial charge in [0.05, 0.1) is 19.8 Å². The molecule has 0 heterocycles. The minimum atomic E-state index is -0.612. The number of primary amides is 1. The maximum absolute atomic E-state index is 12.5. The molecule has 0 radical (unpaired) electrons. The van der Waals surface area contributed by atoms with E-state index in [2.05, 4.69) is 5.32 Å². The standard InChI is InChI=1S/C17H18N2O4/c1-10-4-6-12(22-2)9-14(10)19-17(21)13-8-11(16(18)20)5-7-15(13)23-3/h4-9H,1-3H3,(H2,18,20)(H,19,21). The first-order valence-corrected chi connectivity index (χ1v) is 6.90. The van der Waals surface area contributed by atoms with Crippen LogP contribution in [0, 0.1) is 6.92 Å². The molecule has 0 spiro atoms. The minimum absolute atomic E-state index is 0.228. The Hall–Kier alpha value is -3.02. The summed E-state index contributed by atoms with van der Waals surface area (Å²) >= 11 is 0. The van der Waals surface area contributed by atoms with Crippen LogP contribution in [-0.2, 0) is 0 Å². The van der Waals surface area contributed by atoms with E-state index in [0.29, 0.717) is 17.2 Å². The highest BCUT2D eigenvalue weighted by atomic mass is 16.5. The molecule has 0 fully saturated rings. The molecular formula is C17H18N2O4. The highest BCUT2D eigenvalue weighted by Gasteiger charge is 2.16. The van der Waals surface area contributed by atoms with E-state index in [-0.39, 0.29) is 11.1 Å². The fourth-order valence-electron chi connectivity index (χ4n) is 2.09. The first kappa shape index (κ1) is 16.4. The van der Waals surface area contributed by atoms with Gasteiger partial charge in [-0.1, -0.05) is 6.07 Å². The number of methoxy groups -OCH3 is 2. The van der Waals surface area contributed by atoms with Crippen molar-refractivity contribution >= 4 is 17.5 Å². The van der Waals surface area contributed by atoms with E-state index in [1.54, 1.807) is 19.2 Å². The monoisotopic (exact) mass is 314 g/mol. The first-order valence-electron chi connectivity index (χ1n) is 6.90.